The Labute approximate surface area is 123 Å². The van der Waals surface area contributed by atoms with Crippen molar-refractivity contribution in [3.63, 3.8) is 0 Å². The molecule has 1 fully saturated rings. The van der Waals surface area contributed by atoms with Gasteiger partial charge in [0.25, 0.3) is 0 Å². The average Bonchev–Trinajstić information content (AvgIpc) is 2.43. The number of morpholine rings is 1. The number of carbonyl (C=O) groups excluding carboxylic acids is 1. The molecule has 20 heavy (non-hydrogen) atoms. The molecule has 1 aliphatic rings. The molecule has 0 aliphatic carbocycles. The predicted octanol–water partition coefficient (Wildman–Crippen LogP) is 0.834. The minimum absolute atomic E-state index is 0.116. The first kappa shape index (κ1) is 17.4. The fourth-order valence-corrected chi connectivity index (χ4v) is 2.55. The summed E-state index contributed by atoms with van der Waals surface area (Å²) >= 11 is 0. The topological polar surface area (TPSA) is 67.6 Å². The monoisotopic (exact) mass is 285 g/mol. The van der Waals surface area contributed by atoms with Gasteiger partial charge in [0.05, 0.1) is 13.2 Å². The van der Waals surface area contributed by atoms with E-state index in [9.17, 15) is 4.79 Å². The number of amides is 1. The first-order chi connectivity index (χ1) is 9.52. The molecule has 5 nitrogen and oxygen atoms in total. The summed E-state index contributed by atoms with van der Waals surface area (Å²) < 4.78 is 5.40. The van der Waals surface area contributed by atoms with Gasteiger partial charge >= 0.3 is 0 Å². The highest BCUT2D eigenvalue weighted by Crippen LogP contribution is 2.13. The van der Waals surface area contributed by atoms with E-state index in [0.717, 1.165) is 39.3 Å². The lowest BCUT2D eigenvalue weighted by molar-refractivity contribution is -0.122. The normalized spacial score (nSPS) is 19.9. The van der Waals surface area contributed by atoms with E-state index in [-0.39, 0.29) is 11.8 Å². The van der Waals surface area contributed by atoms with Crippen LogP contribution in [-0.2, 0) is 9.53 Å². The van der Waals surface area contributed by atoms with Crippen molar-refractivity contribution in [1.82, 2.24) is 10.2 Å². The van der Waals surface area contributed by atoms with E-state index in [2.05, 4.69) is 24.1 Å². The quantitative estimate of drug-likeness (QED) is 0.693. The third kappa shape index (κ3) is 6.68. The molecular weight excluding hydrogens is 254 g/mol. The van der Waals surface area contributed by atoms with E-state index in [1.54, 1.807) is 0 Å². The van der Waals surface area contributed by atoms with E-state index in [1.165, 1.54) is 0 Å². The van der Waals surface area contributed by atoms with Crippen LogP contribution in [0.15, 0.2) is 0 Å². The third-order valence-corrected chi connectivity index (χ3v) is 3.78. The Morgan fingerprint density at radius 1 is 1.30 bits per heavy atom. The molecular formula is C15H31N3O2. The lowest BCUT2D eigenvalue weighted by Gasteiger charge is -2.35. The van der Waals surface area contributed by atoms with Crippen molar-refractivity contribution < 1.29 is 9.53 Å². The fraction of sp³-hybridized carbons (Fsp3) is 0.933. The Kier molecular flexibility index (Phi) is 8.11. The molecule has 0 aromatic heterocycles. The smallest absolute Gasteiger partial charge is 0.220 e. The number of hydrogen-bond acceptors (Lipinski definition) is 4. The Morgan fingerprint density at radius 2 is 1.95 bits per heavy atom. The van der Waals surface area contributed by atoms with Gasteiger partial charge in [0.2, 0.25) is 5.91 Å². The largest absolute Gasteiger partial charge is 0.379 e. The van der Waals surface area contributed by atoms with Crippen LogP contribution < -0.4 is 11.1 Å². The first-order valence-electron chi connectivity index (χ1n) is 7.81. The van der Waals surface area contributed by atoms with Crippen molar-refractivity contribution in [2.75, 3.05) is 39.4 Å². The van der Waals surface area contributed by atoms with Crippen molar-refractivity contribution >= 4 is 5.91 Å². The van der Waals surface area contributed by atoms with Gasteiger partial charge in [-0.3, -0.25) is 9.69 Å². The van der Waals surface area contributed by atoms with Gasteiger partial charge in [-0.05, 0) is 24.8 Å². The van der Waals surface area contributed by atoms with E-state index < -0.39 is 0 Å². The molecule has 118 valence electrons. The van der Waals surface area contributed by atoms with E-state index in [1.807, 2.05) is 6.92 Å². The second kappa shape index (κ2) is 9.32. The van der Waals surface area contributed by atoms with Gasteiger partial charge in [-0.25, -0.2) is 0 Å². The molecule has 1 amide bonds. The second-order valence-corrected chi connectivity index (χ2v) is 6.28. The van der Waals surface area contributed by atoms with Crippen LogP contribution in [-0.4, -0.2) is 56.2 Å². The molecule has 0 radical (unpaired) electrons. The Bertz CT molecular complexity index is 278. The Morgan fingerprint density at radius 3 is 2.50 bits per heavy atom. The summed E-state index contributed by atoms with van der Waals surface area (Å²) in [5.41, 5.74) is 5.56. The second-order valence-electron chi connectivity index (χ2n) is 6.28. The molecule has 5 heteroatoms. The Balaban J connectivity index is 2.41. The number of nitrogens with two attached hydrogens (primary N) is 1. The zero-order valence-corrected chi connectivity index (χ0v) is 13.2. The maximum Gasteiger partial charge on any atom is 0.220 e. The lowest BCUT2D eigenvalue weighted by atomic mass is 10.0. The van der Waals surface area contributed by atoms with Gasteiger partial charge in [-0.15, -0.1) is 0 Å². The van der Waals surface area contributed by atoms with Crippen molar-refractivity contribution in [3.8, 4) is 0 Å². The minimum atomic E-state index is 0.116. The molecule has 2 unspecified atom stereocenters. The van der Waals surface area contributed by atoms with Crippen molar-refractivity contribution in [2.24, 2.45) is 17.6 Å². The number of ether oxygens (including phenoxy) is 1. The number of hydrogen-bond donors (Lipinski definition) is 2. The summed E-state index contributed by atoms with van der Waals surface area (Å²) in [5, 5.41) is 3.07. The zero-order valence-electron chi connectivity index (χ0n) is 13.2. The number of rotatable bonds is 8. The highest BCUT2D eigenvalue weighted by molar-refractivity contribution is 5.76. The van der Waals surface area contributed by atoms with Gasteiger partial charge in [0.1, 0.15) is 0 Å². The first-order valence-corrected chi connectivity index (χ1v) is 7.81. The van der Waals surface area contributed by atoms with E-state index >= 15 is 0 Å². The number of nitrogens with zero attached hydrogens (tertiary/aromatic N) is 1. The molecule has 1 aliphatic heterocycles. The zero-order chi connectivity index (χ0) is 15.0. The standard InChI is InChI=1S/C15H31N3O2/c1-12(2)8-14(18-4-6-20-7-5-18)11-17-15(19)9-13(3)10-16/h12-14H,4-11,16H2,1-3H3,(H,17,19). The van der Waals surface area contributed by atoms with Crippen molar-refractivity contribution in [1.29, 1.82) is 0 Å². The molecule has 0 aromatic rings. The van der Waals surface area contributed by atoms with Crippen LogP contribution in [0.5, 0.6) is 0 Å². The highest BCUT2D eigenvalue weighted by atomic mass is 16.5. The molecule has 1 heterocycles. The number of nitrogens with one attached hydrogen (secondary N) is 1. The van der Waals surface area contributed by atoms with Crippen LogP contribution in [0.2, 0.25) is 0 Å². The van der Waals surface area contributed by atoms with Crippen molar-refractivity contribution in [2.45, 2.75) is 39.7 Å². The summed E-state index contributed by atoms with van der Waals surface area (Å²) in [6.45, 7) is 11.3. The number of carbonyl (C=O) groups is 1. The predicted molar refractivity (Wildman–Crippen MR) is 81.5 cm³/mol. The summed E-state index contributed by atoms with van der Waals surface area (Å²) in [6, 6.07) is 0.413. The molecule has 0 bridgehead atoms. The maximum absolute atomic E-state index is 11.9. The van der Waals surface area contributed by atoms with E-state index in [4.69, 9.17) is 10.5 Å². The van der Waals surface area contributed by atoms with Gasteiger partial charge in [0, 0.05) is 32.1 Å². The van der Waals surface area contributed by atoms with Crippen LogP contribution in [0.25, 0.3) is 0 Å². The fourth-order valence-electron chi connectivity index (χ4n) is 2.55. The van der Waals surface area contributed by atoms with Gasteiger partial charge < -0.3 is 15.8 Å². The molecule has 2 atom stereocenters. The maximum atomic E-state index is 11.9. The molecule has 1 rings (SSSR count). The SMILES string of the molecule is CC(C)CC(CNC(=O)CC(C)CN)N1CCOCC1. The molecule has 0 aromatic carbocycles. The summed E-state index contributed by atoms with van der Waals surface area (Å²) in [5.74, 6) is 0.995. The lowest BCUT2D eigenvalue weighted by Crippen LogP contribution is -2.49. The highest BCUT2D eigenvalue weighted by Gasteiger charge is 2.22. The molecule has 0 spiro atoms. The molecule has 3 N–H and O–H groups in total. The average molecular weight is 285 g/mol. The van der Waals surface area contributed by atoms with Crippen LogP contribution in [0.1, 0.15) is 33.6 Å². The molecule has 1 saturated heterocycles. The van der Waals surface area contributed by atoms with Crippen LogP contribution in [0, 0.1) is 11.8 Å². The van der Waals surface area contributed by atoms with Gasteiger partial charge in [-0.1, -0.05) is 20.8 Å². The van der Waals surface area contributed by atoms with Gasteiger partial charge in [-0.2, -0.15) is 0 Å². The van der Waals surface area contributed by atoms with Crippen LogP contribution >= 0.6 is 0 Å². The van der Waals surface area contributed by atoms with Gasteiger partial charge in [0.15, 0.2) is 0 Å². The Hall–Kier alpha value is -0.650. The summed E-state index contributed by atoms with van der Waals surface area (Å²) in [4.78, 5) is 14.3. The summed E-state index contributed by atoms with van der Waals surface area (Å²) in [7, 11) is 0. The summed E-state index contributed by atoms with van der Waals surface area (Å²) in [6.07, 6.45) is 1.63. The van der Waals surface area contributed by atoms with Crippen LogP contribution in [0.3, 0.4) is 0 Å². The van der Waals surface area contributed by atoms with Crippen LogP contribution in [0.4, 0.5) is 0 Å². The third-order valence-electron chi connectivity index (χ3n) is 3.78. The molecule has 0 saturated carbocycles. The van der Waals surface area contributed by atoms with Crippen molar-refractivity contribution in [3.05, 3.63) is 0 Å². The minimum Gasteiger partial charge on any atom is -0.379 e. The van der Waals surface area contributed by atoms with E-state index in [0.29, 0.717) is 24.9 Å².